The molecule has 118 valence electrons. The minimum atomic E-state index is 0.671. The lowest BCUT2D eigenvalue weighted by molar-refractivity contribution is 0.462. The Balaban J connectivity index is 1.60. The van der Waals surface area contributed by atoms with E-state index in [2.05, 4.69) is 51.1 Å². The number of nitrogens with one attached hydrogen (secondary N) is 3. The lowest BCUT2D eigenvalue weighted by Gasteiger charge is -2.22. The Kier molecular flexibility index (Phi) is 3.75. The van der Waals surface area contributed by atoms with E-state index in [9.17, 15) is 0 Å². The molecule has 3 aromatic rings. The summed E-state index contributed by atoms with van der Waals surface area (Å²) in [5.41, 5.74) is 5.79. The van der Waals surface area contributed by atoms with Gasteiger partial charge in [-0.15, -0.1) is 0 Å². The lowest BCUT2D eigenvalue weighted by Crippen LogP contribution is -2.26. The van der Waals surface area contributed by atoms with Crippen molar-refractivity contribution < 1.29 is 0 Å². The van der Waals surface area contributed by atoms with Crippen LogP contribution in [-0.2, 0) is 0 Å². The van der Waals surface area contributed by atoms with Gasteiger partial charge in [0.2, 0.25) is 0 Å². The smallest absolute Gasteiger partial charge is 0.0570 e. The van der Waals surface area contributed by atoms with Gasteiger partial charge in [0, 0.05) is 28.5 Å². The van der Waals surface area contributed by atoms with Crippen molar-refractivity contribution in [3.8, 4) is 0 Å². The molecule has 0 amide bonds. The molecular weight excluding hydrogens is 284 g/mol. The molecule has 4 nitrogen and oxygen atoms in total. The summed E-state index contributed by atoms with van der Waals surface area (Å²) in [5.74, 6) is 0.671. The van der Waals surface area contributed by atoms with E-state index in [4.69, 9.17) is 0 Å². The van der Waals surface area contributed by atoms with Gasteiger partial charge >= 0.3 is 0 Å². The van der Waals surface area contributed by atoms with Gasteiger partial charge in [-0.3, -0.25) is 4.98 Å². The zero-order valence-electron chi connectivity index (χ0n) is 13.4. The average Bonchev–Trinajstić information content (AvgIpc) is 3.01. The fourth-order valence-electron chi connectivity index (χ4n) is 3.41. The first-order valence-corrected chi connectivity index (χ1v) is 8.31. The number of benzene rings is 1. The number of nitrogens with zero attached hydrogens (tertiary/aromatic N) is 1. The summed E-state index contributed by atoms with van der Waals surface area (Å²) in [4.78, 5) is 7.77. The summed E-state index contributed by atoms with van der Waals surface area (Å²) in [6.07, 6.45) is 6.51. The highest BCUT2D eigenvalue weighted by atomic mass is 14.9. The maximum absolute atomic E-state index is 4.33. The highest BCUT2D eigenvalue weighted by Crippen LogP contribution is 2.32. The number of pyridine rings is 1. The van der Waals surface area contributed by atoms with E-state index < -0.39 is 0 Å². The standard InChI is InChI=1S/C19H22N4/c1-13-2-3-16(11-21-13)23-15-4-5-17-18(12-22-19(17)10-15)14-6-8-20-9-7-14/h2-5,10-12,14,20,22-23H,6-9H2,1H3. The first-order chi connectivity index (χ1) is 11.3. The number of rotatable bonds is 3. The van der Waals surface area contributed by atoms with Gasteiger partial charge in [0.1, 0.15) is 0 Å². The van der Waals surface area contributed by atoms with Crippen molar-refractivity contribution in [2.45, 2.75) is 25.7 Å². The lowest BCUT2D eigenvalue weighted by atomic mass is 9.90. The molecule has 23 heavy (non-hydrogen) atoms. The van der Waals surface area contributed by atoms with E-state index in [0.717, 1.165) is 30.2 Å². The second kappa shape index (κ2) is 6.05. The van der Waals surface area contributed by atoms with Crippen LogP contribution in [0.25, 0.3) is 10.9 Å². The van der Waals surface area contributed by atoms with E-state index in [0.29, 0.717) is 5.92 Å². The third-order valence-electron chi connectivity index (χ3n) is 4.69. The van der Waals surface area contributed by atoms with Gasteiger partial charge in [0.15, 0.2) is 0 Å². The van der Waals surface area contributed by atoms with Gasteiger partial charge in [0.05, 0.1) is 11.9 Å². The summed E-state index contributed by atoms with van der Waals surface area (Å²) in [6.45, 7) is 4.24. The van der Waals surface area contributed by atoms with Crippen molar-refractivity contribution in [3.05, 3.63) is 54.0 Å². The summed E-state index contributed by atoms with van der Waals surface area (Å²) in [5, 5.41) is 8.21. The zero-order valence-corrected chi connectivity index (χ0v) is 13.4. The van der Waals surface area contributed by atoms with E-state index in [1.165, 1.54) is 29.3 Å². The molecule has 4 rings (SSSR count). The molecule has 0 radical (unpaired) electrons. The summed E-state index contributed by atoms with van der Waals surface area (Å²) in [6, 6.07) is 10.6. The highest BCUT2D eigenvalue weighted by Gasteiger charge is 2.18. The molecule has 0 unspecified atom stereocenters. The molecule has 0 spiro atoms. The van der Waals surface area contributed by atoms with Crippen molar-refractivity contribution in [1.82, 2.24) is 15.3 Å². The second-order valence-corrected chi connectivity index (χ2v) is 6.34. The van der Waals surface area contributed by atoms with Crippen molar-refractivity contribution in [2.24, 2.45) is 0 Å². The Hall–Kier alpha value is -2.33. The number of aryl methyl sites for hydroxylation is 1. The normalized spacial score (nSPS) is 15.9. The number of aromatic nitrogens is 2. The van der Waals surface area contributed by atoms with Gasteiger partial charge < -0.3 is 15.6 Å². The van der Waals surface area contributed by atoms with Crippen LogP contribution in [0, 0.1) is 6.92 Å². The van der Waals surface area contributed by atoms with Crippen molar-refractivity contribution in [1.29, 1.82) is 0 Å². The van der Waals surface area contributed by atoms with Gasteiger partial charge in [-0.1, -0.05) is 6.07 Å². The Morgan fingerprint density at radius 2 is 1.91 bits per heavy atom. The van der Waals surface area contributed by atoms with E-state index in [-0.39, 0.29) is 0 Å². The number of H-pyrrole nitrogens is 1. The molecule has 0 bridgehead atoms. The van der Waals surface area contributed by atoms with Crippen LogP contribution in [0.1, 0.15) is 30.0 Å². The Morgan fingerprint density at radius 3 is 2.70 bits per heavy atom. The van der Waals surface area contributed by atoms with E-state index >= 15 is 0 Å². The highest BCUT2D eigenvalue weighted by molar-refractivity contribution is 5.87. The van der Waals surface area contributed by atoms with Crippen LogP contribution < -0.4 is 10.6 Å². The van der Waals surface area contributed by atoms with Crippen LogP contribution in [-0.4, -0.2) is 23.1 Å². The zero-order chi connectivity index (χ0) is 15.6. The topological polar surface area (TPSA) is 52.7 Å². The predicted octanol–water partition coefficient (Wildman–Crippen LogP) is 4.08. The minimum Gasteiger partial charge on any atom is -0.361 e. The first-order valence-electron chi connectivity index (χ1n) is 8.31. The maximum Gasteiger partial charge on any atom is 0.0570 e. The number of aromatic amines is 1. The maximum atomic E-state index is 4.33. The molecule has 2 aromatic heterocycles. The van der Waals surface area contributed by atoms with Gasteiger partial charge in [-0.2, -0.15) is 0 Å². The molecule has 0 atom stereocenters. The number of hydrogen-bond donors (Lipinski definition) is 3. The fraction of sp³-hybridized carbons (Fsp3) is 0.316. The molecule has 1 aliphatic rings. The van der Waals surface area contributed by atoms with Crippen LogP contribution in [0.3, 0.4) is 0 Å². The first kappa shape index (κ1) is 14.3. The minimum absolute atomic E-state index is 0.671. The summed E-state index contributed by atoms with van der Waals surface area (Å²) < 4.78 is 0. The largest absolute Gasteiger partial charge is 0.361 e. The molecule has 0 saturated carbocycles. The molecular formula is C19H22N4. The molecule has 4 heteroatoms. The van der Waals surface area contributed by atoms with Crippen LogP contribution in [0.2, 0.25) is 0 Å². The van der Waals surface area contributed by atoms with Crippen LogP contribution >= 0.6 is 0 Å². The number of piperidine rings is 1. The third kappa shape index (κ3) is 2.94. The second-order valence-electron chi connectivity index (χ2n) is 6.34. The van der Waals surface area contributed by atoms with E-state index in [1.54, 1.807) is 0 Å². The van der Waals surface area contributed by atoms with Crippen LogP contribution in [0.5, 0.6) is 0 Å². The molecule has 3 N–H and O–H groups in total. The van der Waals surface area contributed by atoms with Crippen molar-refractivity contribution in [2.75, 3.05) is 18.4 Å². The molecule has 1 saturated heterocycles. The Labute approximate surface area is 136 Å². The van der Waals surface area contributed by atoms with Crippen molar-refractivity contribution >= 4 is 22.3 Å². The van der Waals surface area contributed by atoms with Crippen molar-refractivity contribution in [3.63, 3.8) is 0 Å². The fourth-order valence-corrected chi connectivity index (χ4v) is 3.41. The monoisotopic (exact) mass is 306 g/mol. The average molecular weight is 306 g/mol. The van der Waals surface area contributed by atoms with Crippen LogP contribution in [0.15, 0.2) is 42.7 Å². The molecule has 1 fully saturated rings. The third-order valence-corrected chi connectivity index (χ3v) is 4.69. The summed E-state index contributed by atoms with van der Waals surface area (Å²) in [7, 11) is 0. The number of anilines is 2. The van der Waals surface area contributed by atoms with Gasteiger partial charge in [-0.05, 0) is 68.6 Å². The molecule has 1 aromatic carbocycles. The Bertz CT molecular complexity index is 798. The SMILES string of the molecule is Cc1ccc(Nc2ccc3c(C4CCNCC4)c[nH]c3c2)cn1. The van der Waals surface area contributed by atoms with Gasteiger partial charge in [0.25, 0.3) is 0 Å². The summed E-state index contributed by atoms with van der Waals surface area (Å²) >= 11 is 0. The predicted molar refractivity (Wildman–Crippen MR) is 95.4 cm³/mol. The quantitative estimate of drug-likeness (QED) is 0.683. The molecule has 1 aliphatic heterocycles. The van der Waals surface area contributed by atoms with Gasteiger partial charge in [-0.25, -0.2) is 0 Å². The van der Waals surface area contributed by atoms with E-state index in [1.807, 2.05) is 19.2 Å². The molecule has 0 aliphatic carbocycles. The number of hydrogen-bond acceptors (Lipinski definition) is 3. The Morgan fingerprint density at radius 1 is 1.09 bits per heavy atom. The van der Waals surface area contributed by atoms with Crippen LogP contribution in [0.4, 0.5) is 11.4 Å². The number of fused-ring (bicyclic) bond motifs is 1. The molecule has 3 heterocycles.